The predicted octanol–water partition coefficient (Wildman–Crippen LogP) is 7.24. The number of rotatable bonds is 0. The van der Waals surface area contributed by atoms with Gasteiger partial charge in [-0.15, -0.1) is 0 Å². The van der Waals surface area contributed by atoms with Gasteiger partial charge >= 0.3 is 0 Å². The van der Waals surface area contributed by atoms with Crippen LogP contribution in [0.25, 0.3) is 18.2 Å². The third kappa shape index (κ3) is 4.19. The predicted molar refractivity (Wildman–Crippen MR) is 143 cm³/mol. The summed E-state index contributed by atoms with van der Waals surface area (Å²) >= 11 is 5.37. The zero-order chi connectivity index (χ0) is 22.1. The van der Waals surface area contributed by atoms with E-state index in [0.29, 0.717) is 0 Å². The highest BCUT2D eigenvalue weighted by molar-refractivity contribution is 9.10. The van der Waals surface area contributed by atoms with Crippen molar-refractivity contribution in [3.8, 4) is 0 Å². The van der Waals surface area contributed by atoms with Gasteiger partial charge in [0.15, 0.2) is 0 Å². The van der Waals surface area contributed by atoms with E-state index in [4.69, 9.17) is 0 Å². The first-order chi connectivity index (χ1) is 15.5. The lowest BCUT2D eigenvalue weighted by molar-refractivity contribution is 0.675. The van der Waals surface area contributed by atoms with Crippen molar-refractivity contribution in [2.45, 2.75) is 43.4 Å². The molecule has 0 saturated heterocycles. The number of allylic oxidation sites excluding steroid dienone is 2. The molecular weight excluding hydrogens is 472 g/mol. The first-order valence-electron chi connectivity index (χ1n) is 11.3. The fourth-order valence-corrected chi connectivity index (χ4v) is 6.15. The maximum Gasteiger partial charge on any atom is 0.0188 e. The molecule has 0 amide bonds. The molecule has 0 nitrogen and oxygen atoms in total. The van der Waals surface area contributed by atoms with Crippen LogP contribution in [0.3, 0.4) is 0 Å². The number of hydrogen-bond donors (Lipinski definition) is 0. The lowest BCUT2D eigenvalue weighted by atomic mass is 9.75. The number of fused-ring (bicyclic) bond motifs is 5. The Bertz CT molecular complexity index is 1460. The Morgan fingerprint density at radius 3 is 2.66 bits per heavy atom. The van der Waals surface area contributed by atoms with Gasteiger partial charge in [-0.3, -0.25) is 0 Å². The van der Waals surface area contributed by atoms with Gasteiger partial charge in [0.05, 0.1) is 0 Å². The molecule has 0 spiro atoms. The van der Waals surface area contributed by atoms with Crippen molar-refractivity contribution in [3.05, 3.63) is 114 Å². The van der Waals surface area contributed by atoms with Crippen LogP contribution in [0.15, 0.2) is 81.5 Å². The molecule has 0 unspecified atom stereocenters. The minimum Gasteiger partial charge on any atom is -0.0975 e. The van der Waals surface area contributed by atoms with Crippen LogP contribution in [0.5, 0.6) is 0 Å². The topological polar surface area (TPSA) is 0 Å². The summed E-state index contributed by atoms with van der Waals surface area (Å²) in [5.74, 6) is 0. The molecule has 0 aromatic heterocycles. The Morgan fingerprint density at radius 2 is 1.75 bits per heavy atom. The van der Waals surface area contributed by atoms with E-state index in [1.54, 1.807) is 22.9 Å². The van der Waals surface area contributed by atoms with Gasteiger partial charge in [-0.2, -0.15) is 0 Å². The molecule has 0 N–H and O–H groups in total. The average Bonchev–Trinajstić information content (AvgIpc) is 3.04. The highest BCUT2D eigenvalue weighted by Crippen LogP contribution is 2.32. The summed E-state index contributed by atoms with van der Waals surface area (Å²) in [6.07, 6.45) is 14.8. The molecule has 1 aliphatic heterocycles. The average molecular weight is 500 g/mol. The summed E-state index contributed by atoms with van der Waals surface area (Å²) in [4.78, 5) is 1.33. The van der Waals surface area contributed by atoms with E-state index in [-0.39, 0.29) is 5.41 Å². The lowest BCUT2D eigenvalue weighted by Gasteiger charge is -2.29. The smallest absolute Gasteiger partial charge is 0.0188 e. The van der Waals surface area contributed by atoms with Gasteiger partial charge in [-0.25, -0.2) is 0 Å². The summed E-state index contributed by atoms with van der Waals surface area (Å²) in [7, 11) is 0. The molecule has 160 valence electrons. The number of hydrogen-bond acceptors (Lipinski definition) is 1. The van der Waals surface area contributed by atoms with Gasteiger partial charge in [-0.1, -0.05) is 108 Å². The molecule has 0 fully saturated rings. The molecule has 3 aromatic rings. The number of halogens is 1. The van der Waals surface area contributed by atoms with Crippen LogP contribution in [0.1, 0.15) is 43.4 Å². The minimum absolute atomic E-state index is 0.0969. The SMILES string of the molecule is C1=CSc2ccccc2C=C1.CC1(C)C=c2cc(Br)ccc2=c2ccc3c(c21)CCCC=3. The second kappa shape index (κ2) is 8.92. The number of thioether (sulfide) groups is 1. The van der Waals surface area contributed by atoms with Crippen LogP contribution < -0.4 is 10.4 Å². The molecule has 2 aliphatic carbocycles. The minimum atomic E-state index is 0.0969. The molecule has 2 heteroatoms. The first-order valence-corrected chi connectivity index (χ1v) is 12.9. The normalized spacial score (nSPS) is 16.6. The molecule has 6 rings (SSSR count). The summed E-state index contributed by atoms with van der Waals surface area (Å²) in [6, 6.07) is 19.7. The van der Waals surface area contributed by atoms with Crippen molar-refractivity contribution in [3.63, 3.8) is 0 Å². The van der Waals surface area contributed by atoms with Crippen LogP contribution in [0.2, 0.25) is 0 Å². The Hall–Kier alpha value is -2.29. The Labute approximate surface area is 202 Å². The van der Waals surface area contributed by atoms with Crippen LogP contribution in [0.4, 0.5) is 0 Å². The molecule has 3 aromatic carbocycles. The molecule has 0 radical (unpaired) electrons. The van der Waals surface area contributed by atoms with Crippen molar-refractivity contribution >= 4 is 45.9 Å². The van der Waals surface area contributed by atoms with E-state index < -0.39 is 0 Å². The molecule has 3 aliphatic rings. The van der Waals surface area contributed by atoms with Crippen molar-refractivity contribution in [2.24, 2.45) is 0 Å². The van der Waals surface area contributed by atoms with Crippen molar-refractivity contribution in [1.82, 2.24) is 0 Å². The van der Waals surface area contributed by atoms with E-state index in [1.807, 2.05) is 0 Å². The van der Waals surface area contributed by atoms with E-state index in [2.05, 4.69) is 120 Å². The number of benzene rings is 3. The molecule has 1 heterocycles. The van der Waals surface area contributed by atoms with Crippen molar-refractivity contribution in [2.75, 3.05) is 0 Å². The monoisotopic (exact) mass is 498 g/mol. The molecule has 0 atom stereocenters. The molecule has 0 bridgehead atoms. The van der Waals surface area contributed by atoms with Gasteiger partial charge in [0.25, 0.3) is 0 Å². The zero-order valence-corrected chi connectivity index (χ0v) is 21.0. The quantitative estimate of drug-likeness (QED) is 0.314. The molecular formula is C30H27BrS. The van der Waals surface area contributed by atoms with Gasteiger partial charge in [0.1, 0.15) is 0 Å². The van der Waals surface area contributed by atoms with Gasteiger partial charge in [-0.05, 0) is 80.4 Å². The van der Waals surface area contributed by atoms with E-state index in [9.17, 15) is 0 Å². The standard InChI is InChI=1S/C20H19Br.C10H8S/c1-20(2)12-14-11-15(21)8-10-16(14)18-9-7-13-5-3-4-6-17(13)19(18)20;1-2-7-10-9(5-1)6-3-4-8-11-10/h5,7-12H,3-4,6H2,1-2H3;1-8H. The van der Waals surface area contributed by atoms with Crippen LogP contribution in [-0.2, 0) is 11.8 Å². The molecule has 0 saturated carbocycles. The third-order valence-corrected chi connectivity index (χ3v) is 7.80. The zero-order valence-electron chi connectivity index (χ0n) is 18.6. The van der Waals surface area contributed by atoms with Crippen molar-refractivity contribution < 1.29 is 0 Å². The summed E-state index contributed by atoms with van der Waals surface area (Å²) in [5, 5.41) is 7.71. The summed E-state index contributed by atoms with van der Waals surface area (Å²) in [6.45, 7) is 4.70. The third-order valence-electron chi connectivity index (χ3n) is 6.39. The largest absolute Gasteiger partial charge is 0.0975 e. The lowest BCUT2D eigenvalue weighted by Crippen LogP contribution is -2.29. The highest BCUT2D eigenvalue weighted by Gasteiger charge is 2.26. The Morgan fingerprint density at radius 1 is 0.906 bits per heavy atom. The fourth-order valence-electron chi connectivity index (χ4n) is 5.02. The summed E-state index contributed by atoms with van der Waals surface area (Å²) in [5.41, 5.74) is 4.53. The van der Waals surface area contributed by atoms with Gasteiger partial charge in [0, 0.05) is 14.8 Å². The summed E-state index contributed by atoms with van der Waals surface area (Å²) < 4.78 is 1.16. The van der Waals surface area contributed by atoms with Gasteiger partial charge < -0.3 is 0 Å². The van der Waals surface area contributed by atoms with Gasteiger partial charge in [0.2, 0.25) is 0 Å². The second-order valence-electron chi connectivity index (χ2n) is 9.09. The van der Waals surface area contributed by atoms with E-state index in [0.717, 1.165) is 4.47 Å². The second-order valence-corrected chi connectivity index (χ2v) is 11.0. The Kier molecular flexibility index (Phi) is 6.01. The fraction of sp³-hybridized carbons (Fsp3) is 0.200. The highest BCUT2D eigenvalue weighted by atomic mass is 79.9. The van der Waals surface area contributed by atoms with E-state index in [1.165, 1.54) is 50.6 Å². The van der Waals surface area contributed by atoms with Crippen LogP contribution in [-0.4, -0.2) is 0 Å². The van der Waals surface area contributed by atoms with Crippen molar-refractivity contribution in [1.29, 1.82) is 0 Å². The maximum atomic E-state index is 3.60. The van der Waals surface area contributed by atoms with E-state index >= 15 is 0 Å². The maximum absolute atomic E-state index is 3.60. The first kappa shape index (κ1) is 21.6. The van der Waals surface area contributed by atoms with Crippen LogP contribution >= 0.6 is 27.7 Å². The molecule has 32 heavy (non-hydrogen) atoms. The Balaban J connectivity index is 0.000000165. The van der Waals surface area contributed by atoms with Crippen LogP contribution in [0, 0.1) is 10.4 Å².